The van der Waals surface area contributed by atoms with Crippen molar-refractivity contribution in [3.63, 3.8) is 0 Å². The Morgan fingerprint density at radius 1 is 1.03 bits per heavy atom. The van der Waals surface area contributed by atoms with E-state index in [0.717, 1.165) is 55.5 Å². The number of carbonyl (C=O) groups is 1. The number of esters is 1. The zero-order chi connectivity index (χ0) is 26.5. The van der Waals surface area contributed by atoms with Crippen LogP contribution in [0.1, 0.15) is 29.4 Å². The highest BCUT2D eigenvalue weighted by molar-refractivity contribution is 7.13. The van der Waals surface area contributed by atoms with Gasteiger partial charge in [0.15, 0.2) is 0 Å². The minimum absolute atomic E-state index is 0.199. The lowest BCUT2D eigenvalue weighted by Gasteiger charge is -2.12. The molecule has 0 saturated heterocycles. The van der Waals surface area contributed by atoms with Crippen molar-refractivity contribution in [1.82, 2.24) is 9.55 Å². The fourth-order valence-electron chi connectivity index (χ4n) is 4.65. The van der Waals surface area contributed by atoms with Gasteiger partial charge in [-0.3, -0.25) is 4.79 Å². The summed E-state index contributed by atoms with van der Waals surface area (Å²) in [7, 11) is 1.68. The van der Waals surface area contributed by atoms with Gasteiger partial charge in [0, 0.05) is 33.1 Å². The molecule has 2 heterocycles. The van der Waals surface area contributed by atoms with Crippen molar-refractivity contribution in [2.75, 3.05) is 13.7 Å². The van der Waals surface area contributed by atoms with Crippen molar-refractivity contribution in [1.29, 1.82) is 0 Å². The summed E-state index contributed by atoms with van der Waals surface area (Å²) < 4.78 is 19.2. The molecule has 0 aliphatic heterocycles. The van der Waals surface area contributed by atoms with Crippen LogP contribution in [0.4, 0.5) is 0 Å². The van der Waals surface area contributed by atoms with E-state index in [0.29, 0.717) is 19.8 Å². The highest BCUT2D eigenvalue weighted by Gasteiger charge is 2.19. The van der Waals surface area contributed by atoms with Gasteiger partial charge in [0.1, 0.15) is 23.1 Å². The van der Waals surface area contributed by atoms with Gasteiger partial charge in [0.25, 0.3) is 0 Å². The fraction of sp³-hybridized carbons (Fsp3) is 0.226. The zero-order valence-corrected chi connectivity index (χ0v) is 22.6. The Labute approximate surface area is 226 Å². The Morgan fingerprint density at radius 2 is 1.82 bits per heavy atom. The lowest BCUT2D eigenvalue weighted by Crippen LogP contribution is -2.09. The van der Waals surface area contributed by atoms with Crippen LogP contribution in [0.25, 0.3) is 21.5 Å². The van der Waals surface area contributed by atoms with Crippen LogP contribution in [0.15, 0.2) is 78.2 Å². The average molecular weight is 527 g/mol. The number of hydrogen-bond acceptors (Lipinski definition) is 6. The first-order valence-corrected chi connectivity index (χ1v) is 13.5. The van der Waals surface area contributed by atoms with Crippen molar-refractivity contribution in [3.05, 3.63) is 101 Å². The number of nitrogens with zero attached hydrogens (tertiary/aromatic N) is 2. The predicted octanol–water partition coefficient (Wildman–Crippen LogP) is 6.81. The monoisotopic (exact) mass is 526 g/mol. The standard InChI is InChI=1S/C31H30N2O4S/c1-4-36-30(34)17-26-21(2)33(18-23-12-8-9-13-29(23)35-3)28-15-14-25(16-27(26)28)37-19-24-20-38-31(32-24)22-10-6-5-7-11-22/h5-16,20H,4,17-19H2,1-3H3. The van der Waals surface area contributed by atoms with Gasteiger partial charge in [0.05, 0.1) is 32.4 Å². The largest absolute Gasteiger partial charge is 0.496 e. The number of ether oxygens (including phenoxy) is 3. The molecular weight excluding hydrogens is 496 g/mol. The van der Waals surface area contributed by atoms with Gasteiger partial charge in [-0.1, -0.05) is 48.5 Å². The third kappa shape index (κ3) is 5.43. The van der Waals surface area contributed by atoms with Crippen molar-refractivity contribution in [3.8, 4) is 22.1 Å². The number of fused-ring (bicyclic) bond motifs is 1. The second kappa shape index (κ2) is 11.5. The van der Waals surface area contributed by atoms with Gasteiger partial charge in [-0.05, 0) is 43.7 Å². The first kappa shape index (κ1) is 25.5. The number of benzene rings is 3. The third-order valence-corrected chi connectivity index (χ3v) is 7.47. The van der Waals surface area contributed by atoms with Crippen LogP contribution in [0.2, 0.25) is 0 Å². The molecule has 38 heavy (non-hydrogen) atoms. The zero-order valence-electron chi connectivity index (χ0n) is 21.8. The van der Waals surface area contributed by atoms with Gasteiger partial charge in [-0.25, -0.2) is 4.98 Å². The number of rotatable bonds is 10. The molecule has 0 aliphatic rings. The maximum Gasteiger partial charge on any atom is 0.310 e. The van der Waals surface area contributed by atoms with E-state index in [1.54, 1.807) is 18.4 Å². The third-order valence-electron chi connectivity index (χ3n) is 6.53. The van der Waals surface area contributed by atoms with Crippen molar-refractivity contribution in [2.24, 2.45) is 0 Å². The summed E-state index contributed by atoms with van der Waals surface area (Å²) in [6.45, 7) is 5.21. The molecule has 6 nitrogen and oxygen atoms in total. The van der Waals surface area contributed by atoms with E-state index in [9.17, 15) is 4.79 Å². The maximum absolute atomic E-state index is 12.5. The molecule has 2 aromatic heterocycles. The summed E-state index contributed by atoms with van der Waals surface area (Å²) in [6.07, 6.45) is 0.199. The van der Waals surface area contributed by atoms with Crippen LogP contribution >= 0.6 is 11.3 Å². The highest BCUT2D eigenvalue weighted by Crippen LogP contribution is 2.32. The van der Waals surface area contributed by atoms with Crippen LogP contribution in [0, 0.1) is 6.92 Å². The summed E-state index contributed by atoms with van der Waals surface area (Å²) in [5.74, 6) is 1.32. The predicted molar refractivity (Wildman–Crippen MR) is 151 cm³/mol. The molecule has 0 radical (unpaired) electrons. The van der Waals surface area contributed by atoms with E-state index in [2.05, 4.69) is 28.8 Å². The van der Waals surface area contributed by atoms with Crippen LogP contribution < -0.4 is 9.47 Å². The minimum Gasteiger partial charge on any atom is -0.496 e. The van der Waals surface area contributed by atoms with E-state index in [-0.39, 0.29) is 12.4 Å². The summed E-state index contributed by atoms with van der Waals surface area (Å²) in [6, 6.07) is 24.2. The molecule has 0 saturated carbocycles. The Hall–Kier alpha value is -4.10. The lowest BCUT2D eigenvalue weighted by atomic mass is 10.1. The van der Waals surface area contributed by atoms with E-state index < -0.39 is 0 Å². The van der Waals surface area contributed by atoms with Gasteiger partial charge in [-0.15, -0.1) is 11.3 Å². The number of aromatic nitrogens is 2. The lowest BCUT2D eigenvalue weighted by molar-refractivity contribution is -0.142. The number of thiazole rings is 1. The normalized spacial score (nSPS) is 11.0. The molecule has 3 aromatic carbocycles. The Bertz CT molecular complexity index is 1560. The van der Waals surface area contributed by atoms with Gasteiger partial charge < -0.3 is 18.8 Å². The molecular formula is C31H30N2O4S. The minimum atomic E-state index is -0.242. The van der Waals surface area contributed by atoms with E-state index >= 15 is 0 Å². The number of carbonyl (C=O) groups excluding carboxylic acids is 1. The molecule has 0 bridgehead atoms. The Balaban J connectivity index is 1.44. The van der Waals surface area contributed by atoms with Crippen molar-refractivity contribution in [2.45, 2.75) is 33.4 Å². The molecule has 5 rings (SSSR count). The average Bonchev–Trinajstić information content (AvgIpc) is 3.52. The second-order valence-corrected chi connectivity index (χ2v) is 9.78. The van der Waals surface area contributed by atoms with Gasteiger partial charge in [-0.2, -0.15) is 0 Å². The first-order chi connectivity index (χ1) is 18.6. The Morgan fingerprint density at radius 3 is 2.61 bits per heavy atom. The second-order valence-electron chi connectivity index (χ2n) is 8.92. The van der Waals surface area contributed by atoms with Crippen LogP contribution in [-0.4, -0.2) is 29.2 Å². The van der Waals surface area contributed by atoms with Crippen LogP contribution in [-0.2, 0) is 29.1 Å². The molecule has 0 unspecified atom stereocenters. The van der Waals surface area contributed by atoms with Crippen LogP contribution in [0.5, 0.6) is 11.5 Å². The molecule has 5 aromatic rings. The molecule has 194 valence electrons. The molecule has 7 heteroatoms. The van der Waals surface area contributed by atoms with E-state index in [1.165, 1.54) is 0 Å². The molecule has 0 N–H and O–H groups in total. The SMILES string of the molecule is CCOC(=O)Cc1c(C)n(Cc2ccccc2OC)c2ccc(OCc3csc(-c4ccccc4)n3)cc12. The molecule has 0 atom stereocenters. The number of methoxy groups -OCH3 is 1. The van der Waals surface area contributed by atoms with Crippen molar-refractivity contribution >= 4 is 28.2 Å². The summed E-state index contributed by atoms with van der Waals surface area (Å²) in [5.41, 5.74) is 6.03. The highest BCUT2D eigenvalue weighted by atomic mass is 32.1. The van der Waals surface area contributed by atoms with Crippen molar-refractivity contribution < 1.29 is 19.0 Å². The summed E-state index contributed by atoms with van der Waals surface area (Å²) in [4.78, 5) is 17.2. The summed E-state index contributed by atoms with van der Waals surface area (Å²) in [5, 5.41) is 3.98. The molecule has 0 fully saturated rings. The maximum atomic E-state index is 12.5. The molecule has 0 aliphatic carbocycles. The summed E-state index contributed by atoms with van der Waals surface area (Å²) >= 11 is 1.61. The van der Waals surface area contributed by atoms with E-state index in [1.807, 2.05) is 67.8 Å². The quantitative estimate of drug-likeness (QED) is 0.187. The topological polar surface area (TPSA) is 62.6 Å². The number of para-hydroxylation sites is 1. The fourth-order valence-corrected chi connectivity index (χ4v) is 5.46. The van der Waals surface area contributed by atoms with Gasteiger partial charge in [0.2, 0.25) is 0 Å². The Kier molecular flexibility index (Phi) is 7.75. The molecule has 0 amide bonds. The molecule has 0 spiro atoms. The smallest absolute Gasteiger partial charge is 0.310 e. The number of hydrogen-bond donors (Lipinski definition) is 0. The van der Waals surface area contributed by atoms with E-state index in [4.69, 9.17) is 19.2 Å². The first-order valence-electron chi connectivity index (χ1n) is 12.6. The van der Waals surface area contributed by atoms with Gasteiger partial charge >= 0.3 is 5.97 Å². The van der Waals surface area contributed by atoms with Crippen LogP contribution in [0.3, 0.4) is 0 Å².